The molecule has 0 radical (unpaired) electrons. The first-order chi connectivity index (χ1) is 16.7. The molecule has 0 fully saturated rings. The molecule has 3 heterocycles. The average Bonchev–Trinajstić information content (AvgIpc) is 3.33. The standard InChI is InChI=1S/C24H20N6O3S/c25-9-4-10-29(18-7-8-20-21(13-18)33-12-11-32-20)22(31)15-34-24-19-14-28-30(23(19)26-16-27-24)17-5-2-1-3-6-17/h1-3,5-8,13-14,16H,4,10-12,15H2. The van der Waals surface area contributed by atoms with Crippen LogP contribution < -0.4 is 14.4 Å². The highest BCUT2D eigenvalue weighted by Gasteiger charge is 2.21. The van der Waals surface area contributed by atoms with Crippen molar-refractivity contribution in [1.82, 2.24) is 19.7 Å². The number of aromatic nitrogens is 4. The zero-order valence-corrected chi connectivity index (χ0v) is 18.9. The Morgan fingerprint density at radius 2 is 1.94 bits per heavy atom. The topological polar surface area (TPSA) is 106 Å². The molecule has 0 atom stereocenters. The number of nitriles is 1. The van der Waals surface area contributed by atoms with Crippen molar-refractivity contribution in [2.24, 2.45) is 0 Å². The second kappa shape index (κ2) is 9.80. The van der Waals surface area contributed by atoms with Crippen molar-refractivity contribution in [2.75, 3.05) is 30.4 Å². The molecule has 34 heavy (non-hydrogen) atoms. The number of hydrogen-bond donors (Lipinski definition) is 0. The molecule has 0 N–H and O–H groups in total. The molecule has 170 valence electrons. The highest BCUT2D eigenvalue weighted by molar-refractivity contribution is 8.00. The first kappa shape index (κ1) is 21.7. The molecule has 2 aromatic heterocycles. The van der Waals surface area contributed by atoms with E-state index in [1.807, 2.05) is 30.3 Å². The fraction of sp³-hybridized carbons (Fsp3) is 0.208. The summed E-state index contributed by atoms with van der Waals surface area (Å²) >= 11 is 1.32. The van der Waals surface area contributed by atoms with Gasteiger partial charge < -0.3 is 14.4 Å². The lowest BCUT2D eigenvalue weighted by atomic mass is 10.2. The number of para-hydroxylation sites is 1. The van der Waals surface area contributed by atoms with Gasteiger partial charge in [0.05, 0.1) is 35.5 Å². The van der Waals surface area contributed by atoms with Crippen LogP contribution in [0.2, 0.25) is 0 Å². The smallest absolute Gasteiger partial charge is 0.237 e. The van der Waals surface area contributed by atoms with Gasteiger partial charge in [-0.25, -0.2) is 14.6 Å². The lowest BCUT2D eigenvalue weighted by Gasteiger charge is -2.24. The van der Waals surface area contributed by atoms with Gasteiger partial charge in [0.25, 0.3) is 0 Å². The number of carbonyl (C=O) groups excluding carboxylic acids is 1. The monoisotopic (exact) mass is 472 g/mol. The molecule has 4 aromatic rings. The van der Waals surface area contributed by atoms with E-state index in [-0.39, 0.29) is 24.6 Å². The van der Waals surface area contributed by atoms with Gasteiger partial charge >= 0.3 is 0 Å². The molecule has 0 unspecified atom stereocenters. The molecule has 0 aliphatic carbocycles. The van der Waals surface area contributed by atoms with Crippen LogP contribution in [0.25, 0.3) is 16.7 Å². The van der Waals surface area contributed by atoms with Crippen LogP contribution in [-0.4, -0.2) is 51.2 Å². The van der Waals surface area contributed by atoms with Crippen LogP contribution in [0.4, 0.5) is 5.69 Å². The Hall–Kier alpha value is -4.10. The maximum Gasteiger partial charge on any atom is 0.237 e. The third kappa shape index (κ3) is 4.38. The van der Waals surface area contributed by atoms with E-state index in [0.29, 0.717) is 41.1 Å². The summed E-state index contributed by atoms with van der Waals surface area (Å²) in [5.41, 5.74) is 2.23. The van der Waals surface area contributed by atoms with Crippen LogP contribution in [0.15, 0.2) is 66.1 Å². The van der Waals surface area contributed by atoms with Gasteiger partial charge in [0.1, 0.15) is 24.6 Å². The van der Waals surface area contributed by atoms with Crippen LogP contribution in [0, 0.1) is 11.3 Å². The summed E-state index contributed by atoms with van der Waals surface area (Å²) in [5.74, 6) is 1.25. The molecule has 5 rings (SSSR count). The Balaban J connectivity index is 1.36. The SMILES string of the molecule is N#CCCN(C(=O)CSc1ncnc2c1cnn2-c1ccccc1)c1ccc2c(c1)OCCO2. The Labute approximate surface area is 199 Å². The second-order valence-corrected chi connectivity index (χ2v) is 8.34. The van der Waals surface area contributed by atoms with Gasteiger partial charge in [-0.1, -0.05) is 30.0 Å². The molecule has 0 saturated heterocycles. The van der Waals surface area contributed by atoms with E-state index < -0.39 is 0 Å². The van der Waals surface area contributed by atoms with Crippen LogP contribution in [0.5, 0.6) is 11.5 Å². The fourth-order valence-corrected chi connectivity index (χ4v) is 4.50. The average molecular weight is 473 g/mol. The number of nitrogens with zero attached hydrogens (tertiary/aromatic N) is 6. The van der Waals surface area contributed by atoms with Gasteiger partial charge in [0.2, 0.25) is 5.91 Å². The van der Waals surface area contributed by atoms with Gasteiger partial charge in [0, 0.05) is 18.3 Å². The first-order valence-corrected chi connectivity index (χ1v) is 11.7. The minimum atomic E-state index is -0.140. The second-order valence-electron chi connectivity index (χ2n) is 7.38. The molecular weight excluding hydrogens is 452 g/mol. The third-order valence-electron chi connectivity index (χ3n) is 5.25. The summed E-state index contributed by atoms with van der Waals surface area (Å²) in [6.07, 6.45) is 3.40. The van der Waals surface area contributed by atoms with E-state index >= 15 is 0 Å². The highest BCUT2D eigenvalue weighted by Crippen LogP contribution is 2.34. The van der Waals surface area contributed by atoms with Crippen LogP contribution in [-0.2, 0) is 4.79 Å². The maximum atomic E-state index is 13.2. The predicted molar refractivity (Wildman–Crippen MR) is 127 cm³/mol. The van der Waals surface area contributed by atoms with Crippen LogP contribution in [0.1, 0.15) is 6.42 Å². The number of rotatable bonds is 7. The van der Waals surface area contributed by atoms with Gasteiger partial charge in [-0.2, -0.15) is 10.4 Å². The molecule has 1 aliphatic rings. The van der Waals surface area contributed by atoms with Crippen molar-refractivity contribution in [2.45, 2.75) is 11.4 Å². The van der Waals surface area contributed by atoms with E-state index in [2.05, 4.69) is 21.1 Å². The lowest BCUT2D eigenvalue weighted by Crippen LogP contribution is -2.33. The lowest BCUT2D eigenvalue weighted by molar-refractivity contribution is -0.116. The fourth-order valence-electron chi connectivity index (χ4n) is 3.66. The van der Waals surface area contributed by atoms with Gasteiger partial charge in [0.15, 0.2) is 17.1 Å². The summed E-state index contributed by atoms with van der Waals surface area (Å²) in [4.78, 5) is 23.6. The minimum absolute atomic E-state index is 0.140. The number of hydrogen-bond acceptors (Lipinski definition) is 8. The van der Waals surface area contributed by atoms with Crippen molar-refractivity contribution in [3.63, 3.8) is 0 Å². The zero-order chi connectivity index (χ0) is 23.3. The van der Waals surface area contributed by atoms with E-state index in [9.17, 15) is 4.79 Å². The number of thioether (sulfide) groups is 1. The van der Waals surface area contributed by atoms with Crippen LogP contribution >= 0.6 is 11.8 Å². The van der Waals surface area contributed by atoms with Crippen molar-refractivity contribution in [3.8, 4) is 23.3 Å². The van der Waals surface area contributed by atoms with E-state index in [4.69, 9.17) is 14.7 Å². The van der Waals surface area contributed by atoms with Gasteiger partial charge in [-0.15, -0.1) is 0 Å². The first-order valence-electron chi connectivity index (χ1n) is 10.7. The molecule has 0 spiro atoms. The summed E-state index contributed by atoms with van der Waals surface area (Å²) in [7, 11) is 0. The Bertz CT molecular complexity index is 1370. The highest BCUT2D eigenvalue weighted by atomic mass is 32.2. The van der Waals surface area contributed by atoms with E-state index in [0.717, 1.165) is 11.1 Å². The number of fused-ring (bicyclic) bond motifs is 2. The molecule has 0 bridgehead atoms. The number of carbonyl (C=O) groups is 1. The predicted octanol–water partition coefficient (Wildman–Crippen LogP) is 3.63. The summed E-state index contributed by atoms with van der Waals surface area (Å²) in [6.45, 7) is 1.23. The number of anilines is 1. The Kier molecular flexibility index (Phi) is 6.27. The van der Waals surface area contributed by atoms with Gasteiger partial charge in [-0.05, 0) is 24.3 Å². The molecule has 10 heteroatoms. The van der Waals surface area contributed by atoms with Crippen LogP contribution in [0.3, 0.4) is 0 Å². The number of amides is 1. The molecular formula is C24H20N6O3S. The van der Waals surface area contributed by atoms with E-state index in [1.165, 1.54) is 18.1 Å². The summed E-state index contributed by atoms with van der Waals surface area (Å²) < 4.78 is 13.0. The molecule has 1 amide bonds. The summed E-state index contributed by atoms with van der Waals surface area (Å²) in [6, 6.07) is 17.2. The van der Waals surface area contributed by atoms with Crippen molar-refractivity contribution >= 4 is 34.4 Å². The molecule has 1 aliphatic heterocycles. The Morgan fingerprint density at radius 1 is 1.12 bits per heavy atom. The zero-order valence-electron chi connectivity index (χ0n) is 18.1. The van der Waals surface area contributed by atoms with Crippen molar-refractivity contribution in [3.05, 3.63) is 61.1 Å². The maximum absolute atomic E-state index is 13.2. The molecule has 9 nitrogen and oxygen atoms in total. The van der Waals surface area contributed by atoms with Crippen molar-refractivity contribution in [1.29, 1.82) is 5.26 Å². The molecule has 2 aromatic carbocycles. The van der Waals surface area contributed by atoms with Crippen molar-refractivity contribution < 1.29 is 14.3 Å². The summed E-state index contributed by atoms with van der Waals surface area (Å²) in [5, 5.41) is 15.0. The number of ether oxygens (including phenoxy) is 2. The normalized spacial score (nSPS) is 12.3. The van der Waals surface area contributed by atoms with Gasteiger partial charge in [-0.3, -0.25) is 4.79 Å². The third-order valence-corrected chi connectivity index (χ3v) is 6.24. The Morgan fingerprint density at radius 3 is 2.76 bits per heavy atom. The number of benzene rings is 2. The molecule has 0 saturated carbocycles. The largest absolute Gasteiger partial charge is 0.486 e. The minimum Gasteiger partial charge on any atom is -0.486 e. The quantitative estimate of drug-likeness (QED) is 0.297. The van der Waals surface area contributed by atoms with E-state index in [1.54, 1.807) is 34.0 Å².